The van der Waals surface area contributed by atoms with Crippen LogP contribution in [0.15, 0.2) is 47.6 Å². The van der Waals surface area contributed by atoms with Crippen molar-refractivity contribution in [1.29, 1.82) is 5.26 Å². The molecule has 1 amide bonds. The maximum Gasteiger partial charge on any atom is 0.234 e. The molecule has 0 aliphatic carbocycles. The van der Waals surface area contributed by atoms with Gasteiger partial charge in [0.2, 0.25) is 5.91 Å². The highest BCUT2D eigenvalue weighted by atomic mass is 32.2. The first kappa shape index (κ1) is 17.3. The van der Waals surface area contributed by atoms with E-state index in [0.717, 1.165) is 37.7 Å². The fraction of sp³-hybridized carbons (Fsp3) is 0.278. The number of rotatable bonds is 5. The van der Waals surface area contributed by atoms with Crippen LogP contribution in [-0.2, 0) is 9.53 Å². The van der Waals surface area contributed by atoms with Gasteiger partial charge in [-0.15, -0.1) is 0 Å². The Hall–Kier alpha value is -2.56. The van der Waals surface area contributed by atoms with E-state index < -0.39 is 0 Å². The summed E-state index contributed by atoms with van der Waals surface area (Å²) in [4.78, 5) is 18.5. The van der Waals surface area contributed by atoms with E-state index in [2.05, 4.69) is 21.3 Å². The van der Waals surface area contributed by atoms with Crippen LogP contribution in [0.4, 0.5) is 11.4 Å². The molecule has 2 heterocycles. The number of hydrogen-bond donors (Lipinski definition) is 1. The summed E-state index contributed by atoms with van der Waals surface area (Å²) >= 11 is 1.26. The normalized spacial score (nSPS) is 14.0. The van der Waals surface area contributed by atoms with Crippen molar-refractivity contribution < 1.29 is 9.53 Å². The van der Waals surface area contributed by atoms with Crippen LogP contribution >= 0.6 is 11.8 Å². The smallest absolute Gasteiger partial charge is 0.234 e. The molecule has 0 radical (unpaired) electrons. The lowest BCUT2D eigenvalue weighted by Gasteiger charge is -2.28. The number of pyridine rings is 1. The van der Waals surface area contributed by atoms with E-state index in [1.807, 2.05) is 24.3 Å². The number of nitrogens with one attached hydrogen (secondary N) is 1. The highest BCUT2D eigenvalue weighted by Crippen LogP contribution is 2.21. The average molecular weight is 354 g/mol. The Morgan fingerprint density at radius 2 is 2.04 bits per heavy atom. The monoisotopic (exact) mass is 354 g/mol. The van der Waals surface area contributed by atoms with Gasteiger partial charge in [0.1, 0.15) is 11.1 Å². The maximum absolute atomic E-state index is 12.1. The van der Waals surface area contributed by atoms with Crippen LogP contribution in [0.5, 0.6) is 0 Å². The fourth-order valence-corrected chi connectivity index (χ4v) is 3.24. The number of carbonyl (C=O) groups excluding carboxylic acids is 1. The van der Waals surface area contributed by atoms with E-state index >= 15 is 0 Å². The lowest BCUT2D eigenvalue weighted by molar-refractivity contribution is -0.113. The Morgan fingerprint density at radius 1 is 1.28 bits per heavy atom. The Kier molecular flexibility index (Phi) is 5.88. The van der Waals surface area contributed by atoms with E-state index in [9.17, 15) is 4.79 Å². The summed E-state index contributed by atoms with van der Waals surface area (Å²) in [7, 11) is 0. The van der Waals surface area contributed by atoms with Crippen LogP contribution in [0.2, 0.25) is 0 Å². The van der Waals surface area contributed by atoms with Crippen LogP contribution in [0.3, 0.4) is 0 Å². The Labute approximate surface area is 150 Å². The van der Waals surface area contributed by atoms with E-state index in [-0.39, 0.29) is 11.7 Å². The first-order valence-electron chi connectivity index (χ1n) is 7.97. The quantitative estimate of drug-likeness (QED) is 0.832. The summed E-state index contributed by atoms with van der Waals surface area (Å²) in [5.41, 5.74) is 2.36. The van der Waals surface area contributed by atoms with Gasteiger partial charge in [0.25, 0.3) is 0 Å². The van der Waals surface area contributed by atoms with Crippen molar-refractivity contribution >= 4 is 29.0 Å². The molecule has 1 aliphatic heterocycles. The molecule has 0 unspecified atom stereocenters. The largest absolute Gasteiger partial charge is 0.378 e. The third-order valence-corrected chi connectivity index (χ3v) is 4.76. The van der Waals surface area contributed by atoms with Gasteiger partial charge in [-0.1, -0.05) is 11.8 Å². The van der Waals surface area contributed by atoms with Crippen LogP contribution in [0, 0.1) is 11.3 Å². The van der Waals surface area contributed by atoms with Gasteiger partial charge in [0.05, 0.1) is 24.5 Å². The second kappa shape index (κ2) is 8.51. The first-order valence-corrected chi connectivity index (χ1v) is 8.95. The summed E-state index contributed by atoms with van der Waals surface area (Å²) in [5.74, 6) is 0.0790. The molecule has 1 fully saturated rings. The summed E-state index contributed by atoms with van der Waals surface area (Å²) in [6.45, 7) is 3.25. The zero-order valence-corrected chi connectivity index (χ0v) is 14.5. The SMILES string of the molecule is N#Cc1cccnc1SCC(=O)Nc1ccc(N2CCOCC2)cc1. The molecule has 1 N–H and O–H groups in total. The molecular formula is C18H18N4O2S. The van der Waals surface area contributed by atoms with Crippen molar-refractivity contribution in [3.8, 4) is 6.07 Å². The molecule has 1 aromatic heterocycles. The molecule has 2 aromatic rings. The lowest BCUT2D eigenvalue weighted by Crippen LogP contribution is -2.36. The number of hydrogen-bond acceptors (Lipinski definition) is 6. The number of thioether (sulfide) groups is 1. The van der Waals surface area contributed by atoms with Gasteiger partial charge in [0, 0.05) is 30.7 Å². The predicted molar refractivity (Wildman–Crippen MR) is 97.8 cm³/mol. The zero-order valence-electron chi connectivity index (χ0n) is 13.6. The van der Waals surface area contributed by atoms with Gasteiger partial charge >= 0.3 is 0 Å². The summed E-state index contributed by atoms with van der Waals surface area (Å²) < 4.78 is 5.35. The van der Waals surface area contributed by atoms with Crippen molar-refractivity contribution in [2.45, 2.75) is 5.03 Å². The Bertz CT molecular complexity index is 767. The minimum atomic E-state index is -0.126. The number of benzene rings is 1. The van der Waals surface area contributed by atoms with E-state index in [1.165, 1.54) is 11.8 Å². The van der Waals surface area contributed by atoms with Gasteiger partial charge in [-0.05, 0) is 36.4 Å². The average Bonchev–Trinajstić information content (AvgIpc) is 2.68. The molecule has 128 valence electrons. The van der Waals surface area contributed by atoms with Crippen LogP contribution < -0.4 is 10.2 Å². The molecule has 6 nitrogen and oxygen atoms in total. The van der Waals surface area contributed by atoms with Gasteiger partial charge in [0.15, 0.2) is 0 Å². The van der Waals surface area contributed by atoms with Gasteiger partial charge in [-0.3, -0.25) is 4.79 Å². The fourth-order valence-electron chi connectivity index (χ4n) is 2.50. The number of aromatic nitrogens is 1. The van der Waals surface area contributed by atoms with Crippen molar-refractivity contribution in [3.05, 3.63) is 48.2 Å². The third-order valence-electron chi connectivity index (χ3n) is 3.76. The standard InChI is InChI=1S/C18H18N4O2S/c19-12-14-2-1-7-20-18(14)25-13-17(23)21-15-3-5-16(6-4-15)22-8-10-24-11-9-22/h1-7H,8-11,13H2,(H,21,23). The number of carbonyl (C=O) groups is 1. The van der Waals surface area contributed by atoms with Gasteiger partial charge in [-0.2, -0.15) is 5.26 Å². The Morgan fingerprint density at radius 3 is 2.76 bits per heavy atom. The maximum atomic E-state index is 12.1. The number of ether oxygens (including phenoxy) is 1. The van der Waals surface area contributed by atoms with E-state index in [1.54, 1.807) is 18.3 Å². The first-order chi connectivity index (χ1) is 12.3. The lowest BCUT2D eigenvalue weighted by atomic mass is 10.2. The molecule has 0 bridgehead atoms. The minimum Gasteiger partial charge on any atom is -0.378 e. The molecule has 3 rings (SSSR count). The topological polar surface area (TPSA) is 78.2 Å². The van der Waals surface area contributed by atoms with Crippen molar-refractivity contribution in [2.75, 3.05) is 42.3 Å². The van der Waals surface area contributed by atoms with Crippen molar-refractivity contribution in [1.82, 2.24) is 4.98 Å². The van der Waals surface area contributed by atoms with E-state index in [4.69, 9.17) is 10.00 Å². The molecule has 1 saturated heterocycles. The molecule has 0 spiro atoms. The molecule has 1 aliphatic rings. The number of nitrogens with zero attached hydrogens (tertiary/aromatic N) is 3. The summed E-state index contributed by atoms with van der Waals surface area (Å²) in [6, 6.07) is 13.3. The molecule has 0 saturated carbocycles. The highest BCUT2D eigenvalue weighted by Gasteiger charge is 2.12. The van der Waals surface area contributed by atoms with Crippen LogP contribution in [-0.4, -0.2) is 42.9 Å². The van der Waals surface area contributed by atoms with Gasteiger partial charge < -0.3 is 15.0 Å². The predicted octanol–water partition coefficient (Wildman–Crippen LogP) is 2.52. The summed E-state index contributed by atoms with van der Waals surface area (Å²) in [6.07, 6.45) is 1.62. The van der Waals surface area contributed by atoms with E-state index in [0.29, 0.717) is 10.6 Å². The van der Waals surface area contributed by atoms with Crippen LogP contribution in [0.25, 0.3) is 0 Å². The number of amides is 1. The second-order valence-electron chi connectivity index (χ2n) is 5.45. The third kappa shape index (κ3) is 4.72. The Balaban J connectivity index is 1.53. The molecule has 7 heteroatoms. The highest BCUT2D eigenvalue weighted by molar-refractivity contribution is 8.00. The minimum absolute atomic E-state index is 0.126. The molecule has 1 aromatic carbocycles. The molecule has 25 heavy (non-hydrogen) atoms. The number of nitriles is 1. The second-order valence-corrected chi connectivity index (χ2v) is 6.42. The van der Waals surface area contributed by atoms with Crippen molar-refractivity contribution in [2.24, 2.45) is 0 Å². The van der Waals surface area contributed by atoms with Gasteiger partial charge in [-0.25, -0.2) is 4.98 Å². The summed E-state index contributed by atoms with van der Waals surface area (Å²) in [5, 5.41) is 12.5. The number of morpholine rings is 1. The molecular weight excluding hydrogens is 336 g/mol. The van der Waals surface area contributed by atoms with Crippen molar-refractivity contribution in [3.63, 3.8) is 0 Å². The number of anilines is 2. The van der Waals surface area contributed by atoms with Crippen LogP contribution in [0.1, 0.15) is 5.56 Å². The zero-order chi connectivity index (χ0) is 17.5. The molecule has 0 atom stereocenters.